The molecule has 0 atom stereocenters. The minimum absolute atomic E-state index is 0.219. The van der Waals surface area contributed by atoms with Gasteiger partial charge in [-0.15, -0.1) is 5.10 Å². The Morgan fingerprint density at radius 1 is 1.13 bits per heavy atom. The molecule has 1 aliphatic heterocycles. The van der Waals surface area contributed by atoms with Crippen molar-refractivity contribution in [1.29, 1.82) is 0 Å². The van der Waals surface area contributed by atoms with Gasteiger partial charge in [0.15, 0.2) is 5.76 Å². The number of hydrogen-bond acceptors (Lipinski definition) is 6. The van der Waals surface area contributed by atoms with Crippen LogP contribution in [0, 0.1) is 6.92 Å². The van der Waals surface area contributed by atoms with E-state index in [9.17, 15) is 9.59 Å². The highest BCUT2D eigenvalue weighted by molar-refractivity contribution is 9.10. The minimum Gasteiger partial charge on any atom is -0.452 e. The van der Waals surface area contributed by atoms with E-state index in [-0.39, 0.29) is 11.5 Å². The number of hydrogen-bond donors (Lipinski definition) is 0. The van der Waals surface area contributed by atoms with Crippen molar-refractivity contribution in [3.63, 3.8) is 0 Å². The number of furan rings is 1. The molecule has 0 N–H and O–H groups in total. The zero-order valence-corrected chi connectivity index (χ0v) is 18.7. The van der Waals surface area contributed by atoms with Gasteiger partial charge in [0.25, 0.3) is 11.5 Å². The molecule has 0 bridgehead atoms. The number of fused-ring (bicyclic) bond motifs is 3. The van der Waals surface area contributed by atoms with Crippen LogP contribution in [0.5, 0.6) is 0 Å². The third kappa shape index (κ3) is 2.50. The molecule has 9 heteroatoms. The number of aromatic nitrogens is 3. The predicted molar refractivity (Wildman–Crippen MR) is 122 cm³/mol. The summed E-state index contributed by atoms with van der Waals surface area (Å²) in [7, 11) is 1.70. The number of carbonyl (C=O) groups excluding carboxylic acids is 1. The van der Waals surface area contributed by atoms with Gasteiger partial charge >= 0.3 is 0 Å². The number of nitrogens with zero attached hydrogens (tertiary/aromatic N) is 4. The molecule has 7 nitrogen and oxygen atoms in total. The van der Waals surface area contributed by atoms with Crippen LogP contribution in [0.25, 0.3) is 33.1 Å². The third-order valence-electron chi connectivity index (χ3n) is 5.54. The first-order valence-electron chi connectivity index (χ1n) is 9.44. The number of benzene rings is 2. The topological polar surface area (TPSA) is 80.7 Å². The highest BCUT2D eigenvalue weighted by Gasteiger charge is 2.32. The maximum atomic E-state index is 13.2. The Bertz CT molecular complexity index is 1680. The Morgan fingerprint density at radius 3 is 2.71 bits per heavy atom. The summed E-state index contributed by atoms with van der Waals surface area (Å²) < 4.78 is 8.35. The van der Waals surface area contributed by atoms with E-state index in [0.29, 0.717) is 26.7 Å². The maximum absolute atomic E-state index is 13.2. The van der Waals surface area contributed by atoms with Crippen LogP contribution in [0.1, 0.15) is 11.1 Å². The predicted octanol–water partition coefficient (Wildman–Crippen LogP) is 3.53. The van der Waals surface area contributed by atoms with Crippen molar-refractivity contribution in [1.82, 2.24) is 14.6 Å². The second-order valence-electron chi connectivity index (χ2n) is 7.32. The molecule has 0 aliphatic carbocycles. The van der Waals surface area contributed by atoms with Crippen molar-refractivity contribution in [2.75, 3.05) is 11.9 Å². The Kier molecular flexibility index (Phi) is 3.78. The van der Waals surface area contributed by atoms with E-state index in [1.807, 2.05) is 49.4 Å². The fourth-order valence-corrected chi connectivity index (χ4v) is 5.34. The second-order valence-corrected chi connectivity index (χ2v) is 9.21. The zero-order valence-electron chi connectivity index (χ0n) is 16.3. The summed E-state index contributed by atoms with van der Waals surface area (Å²) in [5.74, 6) is 0.673. The van der Waals surface area contributed by atoms with Crippen molar-refractivity contribution in [3.8, 4) is 11.6 Å². The molecule has 5 aromatic rings. The van der Waals surface area contributed by atoms with Gasteiger partial charge in [-0.2, -0.15) is 9.50 Å². The van der Waals surface area contributed by atoms with E-state index < -0.39 is 0 Å². The van der Waals surface area contributed by atoms with Crippen LogP contribution in [0.3, 0.4) is 0 Å². The standard InChI is InChI=1S/C22H13BrN4O3S/c1-10-12-5-3-4-6-15(12)30-17(10)19-24-22-27(25-19)21(29)18(31-22)16-13-9-11(23)7-8-14(13)26(2)20(16)28/h3-9H,1-2H3. The minimum atomic E-state index is -0.364. The third-order valence-corrected chi connectivity index (χ3v) is 7.06. The van der Waals surface area contributed by atoms with E-state index in [4.69, 9.17) is 4.42 Å². The number of thiazole rings is 1. The van der Waals surface area contributed by atoms with E-state index in [1.165, 1.54) is 4.52 Å². The molecule has 3 aromatic heterocycles. The van der Waals surface area contributed by atoms with Gasteiger partial charge in [0.2, 0.25) is 10.8 Å². The van der Waals surface area contributed by atoms with E-state index in [2.05, 4.69) is 26.0 Å². The van der Waals surface area contributed by atoms with Crippen molar-refractivity contribution < 1.29 is 9.21 Å². The Labute approximate surface area is 187 Å². The van der Waals surface area contributed by atoms with Crippen LogP contribution >= 0.6 is 27.3 Å². The first-order chi connectivity index (χ1) is 14.9. The second kappa shape index (κ2) is 6.35. The molecule has 6 rings (SSSR count). The number of aryl methyl sites for hydroxylation is 1. The van der Waals surface area contributed by atoms with Gasteiger partial charge in [0, 0.05) is 28.0 Å². The lowest BCUT2D eigenvalue weighted by Crippen LogP contribution is -2.30. The Hall–Kier alpha value is -3.30. The van der Waals surface area contributed by atoms with Crippen LogP contribution in [0.2, 0.25) is 0 Å². The molecule has 1 amide bonds. The molecular formula is C22H13BrN4O3S. The molecule has 0 radical (unpaired) electrons. The molecular weight excluding hydrogens is 480 g/mol. The smallest absolute Gasteiger partial charge is 0.291 e. The number of anilines is 1. The van der Waals surface area contributed by atoms with Crippen molar-refractivity contribution in [3.05, 3.63) is 73.0 Å². The number of para-hydroxylation sites is 1. The average molecular weight is 493 g/mol. The number of carbonyl (C=O) groups is 1. The van der Waals surface area contributed by atoms with Crippen LogP contribution in [-0.2, 0) is 4.79 Å². The summed E-state index contributed by atoms with van der Waals surface area (Å²) in [6.45, 7) is 1.94. The monoisotopic (exact) mass is 492 g/mol. The lowest BCUT2D eigenvalue weighted by Gasteiger charge is -2.08. The summed E-state index contributed by atoms with van der Waals surface area (Å²) in [4.78, 5) is 32.6. The molecule has 0 saturated carbocycles. The van der Waals surface area contributed by atoms with Crippen molar-refractivity contribution in [2.24, 2.45) is 0 Å². The molecule has 4 heterocycles. The molecule has 2 aromatic carbocycles. The lowest BCUT2D eigenvalue weighted by atomic mass is 10.1. The Balaban J connectivity index is 1.59. The fourth-order valence-electron chi connectivity index (χ4n) is 3.98. The van der Waals surface area contributed by atoms with Gasteiger partial charge < -0.3 is 9.32 Å². The number of halogens is 1. The van der Waals surface area contributed by atoms with Gasteiger partial charge in [-0.25, -0.2) is 0 Å². The van der Waals surface area contributed by atoms with Crippen LogP contribution in [-0.4, -0.2) is 27.6 Å². The van der Waals surface area contributed by atoms with Crippen molar-refractivity contribution in [2.45, 2.75) is 6.92 Å². The Morgan fingerprint density at radius 2 is 1.94 bits per heavy atom. The van der Waals surface area contributed by atoms with Gasteiger partial charge in [-0.1, -0.05) is 45.5 Å². The van der Waals surface area contributed by atoms with Gasteiger partial charge in [0.05, 0.1) is 11.3 Å². The summed E-state index contributed by atoms with van der Waals surface area (Å²) in [5, 5.41) is 5.39. The van der Waals surface area contributed by atoms with Gasteiger partial charge in [0.1, 0.15) is 10.1 Å². The molecule has 0 fully saturated rings. The van der Waals surface area contributed by atoms with E-state index in [0.717, 1.165) is 43.6 Å². The van der Waals surface area contributed by atoms with Gasteiger partial charge in [-0.05, 0) is 31.2 Å². The number of amides is 1. The highest BCUT2D eigenvalue weighted by Crippen LogP contribution is 2.36. The normalized spacial score (nSPS) is 15.5. The molecule has 31 heavy (non-hydrogen) atoms. The maximum Gasteiger partial charge on any atom is 0.291 e. The highest BCUT2D eigenvalue weighted by atomic mass is 79.9. The number of rotatable bonds is 1. The van der Waals surface area contributed by atoms with Crippen LogP contribution in [0.4, 0.5) is 5.69 Å². The van der Waals surface area contributed by atoms with E-state index in [1.54, 1.807) is 11.9 Å². The quantitative estimate of drug-likeness (QED) is 0.357. The largest absolute Gasteiger partial charge is 0.452 e. The first-order valence-corrected chi connectivity index (χ1v) is 11.1. The average Bonchev–Trinajstić information content (AvgIpc) is 3.46. The first kappa shape index (κ1) is 18.5. The molecule has 152 valence electrons. The number of likely N-dealkylation sites (N-methyl/N-ethyl adjacent to an activating group) is 1. The fraction of sp³-hybridized carbons (Fsp3) is 0.0909. The summed E-state index contributed by atoms with van der Waals surface area (Å²) >= 11 is 4.61. The lowest BCUT2D eigenvalue weighted by molar-refractivity contribution is -0.112. The molecule has 0 saturated heterocycles. The van der Waals surface area contributed by atoms with Gasteiger partial charge in [-0.3, -0.25) is 9.59 Å². The van der Waals surface area contributed by atoms with Crippen molar-refractivity contribution >= 4 is 60.4 Å². The zero-order chi connectivity index (χ0) is 21.4. The molecule has 0 spiro atoms. The molecule has 0 unspecified atom stereocenters. The van der Waals surface area contributed by atoms with E-state index >= 15 is 0 Å². The SMILES string of the molecule is Cc1c(-c2nc3sc(=C4C(=O)N(C)c5ccc(Br)cc54)c(=O)n3n2)oc2ccccc12. The van der Waals surface area contributed by atoms with Crippen LogP contribution in [0.15, 0.2) is 56.1 Å². The summed E-state index contributed by atoms with van der Waals surface area (Å²) in [6, 6.07) is 13.3. The van der Waals surface area contributed by atoms with Crippen LogP contribution < -0.4 is 15.0 Å². The molecule has 1 aliphatic rings. The summed E-state index contributed by atoms with van der Waals surface area (Å²) in [5.41, 5.74) is 3.16. The summed E-state index contributed by atoms with van der Waals surface area (Å²) in [6.07, 6.45) is 0.